The number of aromatic nitrogens is 1. The molecule has 3 atom stereocenters. The lowest BCUT2D eigenvalue weighted by molar-refractivity contribution is -0.253. The number of nitrogens with zero attached hydrogens (tertiary/aromatic N) is 1. The van der Waals surface area contributed by atoms with Gasteiger partial charge in [-0.05, 0) is 48.2 Å². The van der Waals surface area contributed by atoms with E-state index in [0.717, 1.165) is 12.1 Å². The Hall–Kier alpha value is -4.46. The highest BCUT2D eigenvalue weighted by molar-refractivity contribution is 6.30. The number of carbonyl (C=O) groups is 3. The van der Waals surface area contributed by atoms with E-state index in [9.17, 15) is 31.9 Å². The maximum Gasteiger partial charge on any atom is 0.461 e. The van der Waals surface area contributed by atoms with Gasteiger partial charge in [-0.15, -0.1) is 0 Å². The first-order valence-corrected chi connectivity index (χ1v) is 15.0. The van der Waals surface area contributed by atoms with Crippen LogP contribution in [0.4, 0.5) is 26.7 Å². The smallest absolute Gasteiger partial charge is 0.461 e. The molecule has 1 heterocycles. The van der Waals surface area contributed by atoms with Crippen molar-refractivity contribution in [3.63, 3.8) is 0 Å². The van der Waals surface area contributed by atoms with Crippen LogP contribution >= 0.6 is 11.6 Å². The first kappa shape index (κ1) is 35.4. The number of benzene rings is 2. The number of alkyl halides is 4. The molecule has 3 amide bonds. The van der Waals surface area contributed by atoms with Gasteiger partial charge >= 0.3 is 24.5 Å². The number of esters is 1. The summed E-state index contributed by atoms with van der Waals surface area (Å²) < 4.78 is 77.7. The molecule has 15 heteroatoms. The number of halogens is 6. The zero-order valence-corrected chi connectivity index (χ0v) is 25.8. The molecular formula is C32H32ClF5N4O5. The van der Waals surface area contributed by atoms with Gasteiger partial charge in [0.25, 0.3) is 0 Å². The van der Waals surface area contributed by atoms with Crippen LogP contribution in [-0.4, -0.2) is 55.1 Å². The number of hydrogen-bond donors (Lipinski definition) is 3. The number of ether oxygens (including phenoxy) is 2. The standard InChI is InChI=1S/C32H32ClF5N4O5/c1-46-27(43)12-13-39-28(44)24-8-5-9-25(24)41-30(45)42-31(17-19-6-3-2-4-7-19,26-11-10-21(33)18-40-26)20-14-22(34)16-23(15-20)47-32(37,38)29(35)36/h2-4,6-7,10-11,14-16,18,24-25,29H,5,8-9,12-13,17H2,1H3,(H,39,44)(H2,41,42,45)/t24-,25+,31-/m0/s1. The van der Waals surface area contributed by atoms with Crippen LogP contribution in [0.1, 0.15) is 42.5 Å². The van der Waals surface area contributed by atoms with Gasteiger partial charge in [-0.25, -0.2) is 9.18 Å². The van der Waals surface area contributed by atoms with E-state index in [4.69, 9.17) is 11.6 Å². The number of carbonyl (C=O) groups excluding carboxylic acids is 3. The number of amides is 3. The van der Waals surface area contributed by atoms with Crippen molar-refractivity contribution >= 4 is 29.5 Å². The Labute approximate surface area is 272 Å². The van der Waals surface area contributed by atoms with Gasteiger partial charge in [0.1, 0.15) is 17.1 Å². The van der Waals surface area contributed by atoms with Crippen molar-refractivity contribution in [1.82, 2.24) is 20.9 Å². The van der Waals surface area contributed by atoms with Crippen LogP contribution in [0.15, 0.2) is 66.9 Å². The molecule has 3 N–H and O–H groups in total. The summed E-state index contributed by atoms with van der Waals surface area (Å²) in [5.74, 6) is -3.55. The molecule has 1 aliphatic carbocycles. The summed E-state index contributed by atoms with van der Waals surface area (Å²) in [5.41, 5.74) is -1.28. The van der Waals surface area contributed by atoms with Gasteiger partial charge in [0.2, 0.25) is 5.91 Å². The molecule has 0 aliphatic heterocycles. The van der Waals surface area contributed by atoms with E-state index >= 15 is 4.39 Å². The van der Waals surface area contributed by atoms with E-state index in [1.165, 1.54) is 25.4 Å². The minimum Gasteiger partial charge on any atom is -0.469 e. The van der Waals surface area contributed by atoms with E-state index in [2.05, 4.69) is 30.4 Å². The number of urea groups is 1. The molecule has 1 saturated carbocycles. The first-order chi connectivity index (χ1) is 22.3. The second-order valence-electron chi connectivity index (χ2n) is 10.9. The molecule has 47 heavy (non-hydrogen) atoms. The fourth-order valence-corrected chi connectivity index (χ4v) is 5.60. The van der Waals surface area contributed by atoms with Crippen LogP contribution in [0.2, 0.25) is 5.02 Å². The first-order valence-electron chi connectivity index (χ1n) is 14.6. The van der Waals surface area contributed by atoms with Gasteiger partial charge in [0.05, 0.1) is 30.2 Å². The summed E-state index contributed by atoms with van der Waals surface area (Å²) in [6.45, 7) is 0.0396. The minimum absolute atomic E-state index is 0.0355. The van der Waals surface area contributed by atoms with Crippen molar-refractivity contribution in [2.45, 2.75) is 56.2 Å². The lowest BCUT2D eigenvalue weighted by atomic mass is 9.80. The monoisotopic (exact) mass is 682 g/mol. The maximum atomic E-state index is 15.1. The number of hydrogen-bond acceptors (Lipinski definition) is 6. The highest BCUT2D eigenvalue weighted by Gasteiger charge is 2.45. The summed E-state index contributed by atoms with van der Waals surface area (Å²) in [6.07, 6.45) is -6.54. The lowest BCUT2D eigenvalue weighted by Crippen LogP contribution is -2.55. The molecule has 0 bridgehead atoms. The van der Waals surface area contributed by atoms with E-state index in [1.54, 1.807) is 30.3 Å². The third-order valence-corrected chi connectivity index (χ3v) is 7.92. The Balaban J connectivity index is 1.73. The molecule has 2 aromatic carbocycles. The molecule has 0 saturated heterocycles. The number of methoxy groups -OCH3 is 1. The fourth-order valence-electron chi connectivity index (χ4n) is 5.49. The SMILES string of the molecule is COC(=O)CCNC(=O)[C@H]1CCC[C@H]1NC(=O)N[C@@](Cc1ccccc1)(c1cc(F)cc(OC(F)(F)C(F)F)c1)c1ccc(Cl)cn1. The van der Waals surface area contributed by atoms with E-state index in [0.29, 0.717) is 30.9 Å². The van der Waals surface area contributed by atoms with Crippen LogP contribution < -0.4 is 20.7 Å². The molecule has 1 aliphatic rings. The Morgan fingerprint density at radius 3 is 2.47 bits per heavy atom. The normalized spacial score (nSPS) is 17.4. The molecule has 0 unspecified atom stereocenters. The Morgan fingerprint density at radius 2 is 1.81 bits per heavy atom. The molecule has 0 radical (unpaired) electrons. The molecule has 1 aromatic heterocycles. The third-order valence-electron chi connectivity index (χ3n) is 7.70. The minimum atomic E-state index is -4.94. The van der Waals surface area contributed by atoms with Crippen molar-refractivity contribution in [3.8, 4) is 5.75 Å². The van der Waals surface area contributed by atoms with Gasteiger partial charge < -0.3 is 25.4 Å². The van der Waals surface area contributed by atoms with Crippen molar-refractivity contribution in [2.24, 2.45) is 5.92 Å². The second kappa shape index (κ2) is 15.4. The predicted molar refractivity (Wildman–Crippen MR) is 161 cm³/mol. The van der Waals surface area contributed by atoms with Gasteiger partial charge in [0, 0.05) is 31.3 Å². The van der Waals surface area contributed by atoms with Gasteiger partial charge in [-0.3, -0.25) is 14.6 Å². The van der Waals surface area contributed by atoms with Crippen molar-refractivity contribution in [1.29, 1.82) is 0 Å². The maximum absolute atomic E-state index is 15.1. The topological polar surface area (TPSA) is 119 Å². The largest absolute Gasteiger partial charge is 0.469 e. The van der Waals surface area contributed by atoms with E-state index in [1.807, 2.05) is 0 Å². The van der Waals surface area contributed by atoms with Crippen LogP contribution in [-0.2, 0) is 26.3 Å². The van der Waals surface area contributed by atoms with Gasteiger partial charge in [0.15, 0.2) is 0 Å². The lowest BCUT2D eigenvalue weighted by Gasteiger charge is -2.36. The summed E-state index contributed by atoms with van der Waals surface area (Å²) in [4.78, 5) is 42.5. The van der Waals surface area contributed by atoms with Crippen molar-refractivity contribution in [3.05, 3.63) is 94.5 Å². The summed E-state index contributed by atoms with van der Waals surface area (Å²) in [5, 5.41) is 8.50. The molecule has 3 aromatic rings. The van der Waals surface area contributed by atoms with Crippen LogP contribution in [0.25, 0.3) is 0 Å². The van der Waals surface area contributed by atoms with Crippen molar-refractivity contribution < 1.29 is 45.8 Å². The fraction of sp³-hybridized carbons (Fsp3) is 0.375. The zero-order chi connectivity index (χ0) is 34.2. The summed E-state index contributed by atoms with van der Waals surface area (Å²) in [7, 11) is 1.23. The number of nitrogens with one attached hydrogen (secondary N) is 3. The number of pyridine rings is 1. The summed E-state index contributed by atoms with van der Waals surface area (Å²) >= 11 is 6.09. The Morgan fingerprint density at radius 1 is 1.06 bits per heavy atom. The average molecular weight is 683 g/mol. The molecule has 4 rings (SSSR count). The zero-order valence-electron chi connectivity index (χ0n) is 25.1. The highest BCUT2D eigenvalue weighted by Crippen LogP contribution is 2.37. The van der Waals surface area contributed by atoms with Crippen LogP contribution in [0, 0.1) is 11.7 Å². The summed E-state index contributed by atoms with van der Waals surface area (Å²) in [6, 6.07) is 12.4. The third kappa shape index (κ3) is 9.09. The second-order valence-corrected chi connectivity index (χ2v) is 11.4. The highest BCUT2D eigenvalue weighted by atomic mass is 35.5. The number of rotatable bonds is 13. The van der Waals surface area contributed by atoms with Crippen LogP contribution in [0.3, 0.4) is 0 Å². The predicted octanol–water partition coefficient (Wildman–Crippen LogP) is 5.74. The van der Waals surface area contributed by atoms with E-state index < -0.39 is 53.6 Å². The quantitative estimate of drug-likeness (QED) is 0.156. The van der Waals surface area contributed by atoms with Gasteiger partial charge in [-0.1, -0.05) is 48.4 Å². The van der Waals surface area contributed by atoms with Gasteiger partial charge in [-0.2, -0.15) is 17.6 Å². The van der Waals surface area contributed by atoms with E-state index in [-0.39, 0.29) is 41.6 Å². The molecular weight excluding hydrogens is 651 g/mol. The molecule has 1 fully saturated rings. The Bertz CT molecular complexity index is 1550. The Kier molecular flexibility index (Phi) is 11.6. The molecule has 9 nitrogen and oxygen atoms in total. The van der Waals surface area contributed by atoms with Crippen molar-refractivity contribution in [2.75, 3.05) is 13.7 Å². The molecule has 0 spiro atoms. The molecule has 252 valence electrons. The van der Waals surface area contributed by atoms with Crippen LogP contribution in [0.5, 0.6) is 5.75 Å². The average Bonchev–Trinajstić information content (AvgIpc) is 3.48.